The molecule has 6 heteroatoms. The summed E-state index contributed by atoms with van der Waals surface area (Å²) < 4.78 is 0. The van der Waals surface area contributed by atoms with E-state index in [0.717, 1.165) is 40.4 Å². The Balaban J connectivity index is 1.62. The number of benzene rings is 1. The van der Waals surface area contributed by atoms with Crippen molar-refractivity contribution in [2.24, 2.45) is 0 Å². The molecule has 0 unspecified atom stereocenters. The molecule has 0 aliphatic carbocycles. The Kier molecular flexibility index (Phi) is 5.42. The molecule has 29 heavy (non-hydrogen) atoms. The third-order valence-electron chi connectivity index (χ3n) is 4.43. The maximum Gasteiger partial charge on any atom is 0.180 e. The number of anilines is 1. The van der Waals surface area contributed by atoms with Crippen LogP contribution < -0.4 is 5.32 Å². The van der Waals surface area contributed by atoms with E-state index in [9.17, 15) is 5.11 Å². The van der Waals surface area contributed by atoms with Gasteiger partial charge in [-0.2, -0.15) is 0 Å². The number of aromatic hydroxyl groups is 1. The number of phenolic OH excluding ortho intramolecular Hbond substituents is 1. The van der Waals surface area contributed by atoms with Crippen LogP contribution in [-0.2, 0) is 6.42 Å². The van der Waals surface area contributed by atoms with Crippen molar-refractivity contribution in [3.05, 3.63) is 84.3 Å². The Hall–Kier alpha value is -3.80. The van der Waals surface area contributed by atoms with Gasteiger partial charge in [-0.25, -0.2) is 15.0 Å². The van der Waals surface area contributed by atoms with Crippen LogP contribution >= 0.6 is 0 Å². The second kappa shape index (κ2) is 8.48. The van der Waals surface area contributed by atoms with E-state index in [4.69, 9.17) is 4.98 Å². The van der Waals surface area contributed by atoms with Crippen molar-refractivity contribution in [1.29, 1.82) is 0 Å². The molecule has 0 spiro atoms. The van der Waals surface area contributed by atoms with Gasteiger partial charge in [-0.1, -0.05) is 18.2 Å². The third-order valence-corrected chi connectivity index (χ3v) is 4.43. The molecule has 0 aliphatic heterocycles. The van der Waals surface area contributed by atoms with Crippen LogP contribution in [0, 0.1) is 6.92 Å². The summed E-state index contributed by atoms with van der Waals surface area (Å²) >= 11 is 0. The lowest BCUT2D eigenvalue weighted by atomic mass is 10.1. The van der Waals surface area contributed by atoms with E-state index in [1.54, 1.807) is 24.5 Å². The lowest BCUT2D eigenvalue weighted by Gasteiger charge is -2.10. The van der Waals surface area contributed by atoms with Crippen molar-refractivity contribution < 1.29 is 5.11 Å². The zero-order valence-corrected chi connectivity index (χ0v) is 16.1. The van der Waals surface area contributed by atoms with Crippen LogP contribution in [0.3, 0.4) is 0 Å². The van der Waals surface area contributed by atoms with Crippen molar-refractivity contribution in [2.45, 2.75) is 13.3 Å². The van der Waals surface area contributed by atoms with Gasteiger partial charge in [0.05, 0.1) is 5.69 Å². The average molecular weight is 383 g/mol. The molecule has 0 saturated heterocycles. The normalized spacial score (nSPS) is 10.7. The number of nitrogens with one attached hydrogen (secondary N) is 1. The fourth-order valence-electron chi connectivity index (χ4n) is 3.03. The minimum atomic E-state index is 0.274. The zero-order valence-electron chi connectivity index (χ0n) is 16.1. The van der Waals surface area contributed by atoms with E-state index >= 15 is 0 Å². The maximum atomic E-state index is 9.62. The molecule has 4 aromatic rings. The summed E-state index contributed by atoms with van der Waals surface area (Å²) in [4.78, 5) is 18.1. The molecule has 2 N–H and O–H groups in total. The summed E-state index contributed by atoms with van der Waals surface area (Å²) in [7, 11) is 0. The summed E-state index contributed by atoms with van der Waals surface area (Å²) in [5.74, 6) is 1.56. The first-order valence-electron chi connectivity index (χ1n) is 9.43. The third kappa shape index (κ3) is 4.73. The summed E-state index contributed by atoms with van der Waals surface area (Å²) in [5.41, 5.74) is 4.40. The van der Waals surface area contributed by atoms with Crippen molar-refractivity contribution in [3.63, 3.8) is 0 Å². The van der Waals surface area contributed by atoms with Gasteiger partial charge in [-0.05, 0) is 55.3 Å². The highest BCUT2D eigenvalue weighted by atomic mass is 16.3. The molecule has 3 heterocycles. The van der Waals surface area contributed by atoms with Gasteiger partial charge in [-0.3, -0.25) is 4.98 Å². The smallest absolute Gasteiger partial charge is 0.180 e. The van der Waals surface area contributed by atoms with Crippen LogP contribution in [0.2, 0.25) is 0 Å². The SMILES string of the molecule is Cc1cccc(-c2nc(NCCc3cccc(O)c3)cc(-c3cccnc3)n2)n1. The highest BCUT2D eigenvalue weighted by Crippen LogP contribution is 2.23. The number of aromatic nitrogens is 4. The van der Waals surface area contributed by atoms with Gasteiger partial charge in [0.15, 0.2) is 5.82 Å². The van der Waals surface area contributed by atoms with E-state index in [0.29, 0.717) is 12.4 Å². The minimum Gasteiger partial charge on any atom is -0.508 e. The van der Waals surface area contributed by atoms with E-state index in [1.165, 1.54) is 0 Å². The Morgan fingerprint density at radius 2 is 1.79 bits per heavy atom. The maximum absolute atomic E-state index is 9.62. The van der Waals surface area contributed by atoms with Crippen molar-refractivity contribution in [3.8, 4) is 28.5 Å². The molecule has 0 saturated carbocycles. The predicted molar refractivity (Wildman–Crippen MR) is 114 cm³/mol. The van der Waals surface area contributed by atoms with Crippen LogP contribution in [-0.4, -0.2) is 31.6 Å². The second-order valence-corrected chi connectivity index (χ2v) is 6.71. The molecule has 0 amide bonds. The standard InChI is InChI=1S/C23H21N5O/c1-16-5-2-9-20(26-16)23-27-21(18-7-4-11-24-15-18)14-22(28-23)25-12-10-17-6-3-8-19(29)13-17/h2-9,11,13-15,29H,10,12H2,1H3,(H,25,27,28). The quantitative estimate of drug-likeness (QED) is 0.517. The molecular weight excluding hydrogens is 362 g/mol. The molecule has 0 radical (unpaired) electrons. The largest absolute Gasteiger partial charge is 0.508 e. The van der Waals surface area contributed by atoms with Gasteiger partial charge in [0.2, 0.25) is 0 Å². The fraction of sp³-hybridized carbons (Fsp3) is 0.130. The molecule has 4 rings (SSSR count). The number of pyridine rings is 2. The summed E-state index contributed by atoms with van der Waals surface area (Å²) in [5, 5.41) is 13.0. The Labute approximate surface area is 169 Å². The van der Waals surface area contributed by atoms with Gasteiger partial charge >= 0.3 is 0 Å². The number of rotatable bonds is 6. The van der Waals surface area contributed by atoms with Gasteiger partial charge in [0.25, 0.3) is 0 Å². The monoisotopic (exact) mass is 383 g/mol. The van der Waals surface area contributed by atoms with Gasteiger partial charge in [-0.15, -0.1) is 0 Å². The van der Waals surface area contributed by atoms with Crippen molar-refractivity contribution in [2.75, 3.05) is 11.9 Å². The van der Waals surface area contributed by atoms with E-state index in [1.807, 2.05) is 55.5 Å². The van der Waals surface area contributed by atoms with Crippen molar-refractivity contribution in [1.82, 2.24) is 19.9 Å². The van der Waals surface area contributed by atoms with Crippen LogP contribution in [0.15, 0.2) is 73.1 Å². The number of hydrogen-bond donors (Lipinski definition) is 2. The first-order valence-corrected chi connectivity index (χ1v) is 9.43. The van der Waals surface area contributed by atoms with E-state index in [-0.39, 0.29) is 5.75 Å². The molecule has 0 bridgehead atoms. The zero-order chi connectivity index (χ0) is 20.1. The van der Waals surface area contributed by atoms with Crippen LogP contribution in [0.1, 0.15) is 11.3 Å². The minimum absolute atomic E-state index is 0.274. The van der Waals surface area contributed by atoms with Crippen LogP contribution in [0.4, 0.5) is 5.82 Å². The van der Waals surface area contributed by atoms with E-state index in [2.05, 4.69) is 20.3 Å². The molecule has 144 valence electrons. The molecule has 3 aromatic heterocycles. The summed E-state index contributed by atoms with van der Waals surface area (Å²) in [6.45, 7) is 2.62. The number of phenols is 1. The fourth-order valence-corrected chi connectivity index (χ4v) is 3.03. The number of aryl methyl sites for hydroxylation is 1. The van der Waals surface area contributed by atoms with Crippen molar-refractivity contribution >= 4 is 5.82 Å². The lowest BCUT2D eigenvalue weighted by molar-refractivity contribution is 0.474. The average Bonchev–Trinajstić information content (AvgIpc) is 2.74. The highest BCUT2D eigenvalue weighted by molar-refractivity contribution is 5.65. The topological polar surface area (TPSA) is 83.8 Å². The second-order valence-electron chi connectivity index (χ2n) is 6.71. The Bertz CT molecular complexity index is 1120. The Morgan fingerprint density at radius 1 is 0.897 bits per heavy atom. The van der Waals surface area contributed by atoms with Gasteiger partial charge < -0.3 is 10.4 Å². The van der Waals surface area contributed by atoms with Crippen LogP contribution in [0.25, 0.3) is 22.8 Å². The Morgan fingerprint density at radius 3 is 2.59 bits per heavy atom. The molecular formula is C23H21N5O. The van der Waals surface area contributed by atoms with Gasteiger partial charge in [0.1, 0.15) is 17.3 Å². The van der Waals surface area contributed by atoms with E-state index < -0.39 is 0 Å². The number of hydrogen-bond acceptors (Lipinski definition) is 6. The predicted octanol–water partition coefficient (Wildman–Crippen LogP) is 4.27. The molecule has 0 atom stereocenters. The first kappa shape index (κ1) is 18.6. The highest BCUT2D eigenvalue weighted by Gasteiger charge is 2.10. The summed E-state index contributed by atoms with van der Waals surface area (Å²) in [6.07, 6.45) is 4.28. The summed E-state index contributed by atoms with van der Waals surface area (Å²) in [6, 6.07) is 18.9. The lowest BCUT2D eigenvalue weighted by Crippen LogP contribution is -2.08. The molecule has 6 nitrogen and oxygen atoms in total. The molecule has 0 fully saturated rings. The molecule has 0 aliphatic rings. The van der Waals surface area contributed by atoms with Crippen LogP contribution in [0.5, 0.6) is 5.75 Å². The molecule has 1 aromatic carbocycles. The first-order chi connectivity index (χ1) is 14.2. The number of nitrogens with zero attached hydrogens (tertiary/aromatic N) is 4. The van der Waals surface area contributed by atoms with Gasteiger partial charge in [0, 0.05) is 36.3 Å².